The minimum Gasteiger partial charge on any atom is -0.398 e. The monoisotopic (exact) mass is 229 g/mol. The molecule has 0 saturated heterocycles. The molecule has 1 aliphatic rings. The van der Waals surface area contributed by atoms with E-state index in [4.69, 9.17) is 11.0 Å². The van der Waals surface area contributed by atoms with Gasteiger partial charge in [-0.15, -0.1) is 0 Å². The molecule has 1 aliphatic carbocycles. The molecule has 0 spiro atoms. The van der Waals surface area contributed by atoms with E-state index in [9.17, 15) is 0 Å². The lowest BCUT2D eigenvalue weighted by Gasteiger charge is -2.23. The van der Waals surface area contributed by atoms with Crippen LogP contribution in [0.5, 0.6) is 0 Å². The molecule has 3 heteroatoms. The molecular weight excluding hydrogens is 210 g/mol. The van der Waals surface area contributed by atoms with Crippen LogP contribution in [0.4, 0.5) is 11.4 Å². The zero-order valence-electron chi connectivity index (χ0n) is 10.3. The van der Waals surface area contributed by atoms with Gasteiger partial charge in [-0.1, -0.05) is 12.8 Å². The Labute approximate surface area is 103 Å². The largest absolute Gasteiger partial charge is 0.398 e. The molecule has 0 radical (unpaired) electrons. The third kappa shape index (κ3) is 2.71. The van der Waals surface area contributed by atoms with Crippen molar-refractivity contribution in [2.24, 2.45) is 5.92 Å². The Kier molecular flexibility index (Phi) is 3.53. The van der Waals surface area contributed by atoms with E-state index >= 15 is 0 Å². The molecule has 3 nitrogen and oxygen atoms in total. The molecule has 0 aliphatic heterocycles. The highest BCUT2D eigenvalue weighted by molar-refractivity contribution is 5.63. The van der Waals surface area contributed by atoms with Crippen molar-refractivity contribution in [3.63, 3.8) is 0 Å². The maximum atomic E-state index is 8.83. The number of rotatable bonds is 3. The van der Waals surface area contributed by atoms with Gasteiger partial charge in [0.15, 0.2) is 0 Å². The Morgan fingerprint density at radius 3 is 2.71 bits per heavy atom. The van der Waals surface area contributed by atoms with Crippen LogP contribution in [-0.2, 0) is 0 Å². The lowest BCUT2D eigenvalue weighted by atomic mass is 10.1. The van der Waals surface area contributed by atoms with Gasteiger partial charge in [-0.25, -0.2) is 0 Å². The minimum absolute atomic E-state index is 0.558. The van der Waals surface area contributed by atoms with Crippen molar-refractivity contribution in [3.05, 3.63) is 23.8 Å². The minimum atomic E-state index is 0.558. The molecule has 2 N–H and O–H groups in total. The summed E-state index contributed by atoms with van der Waals surface area (Å²) in [6, 6.07) is 7.76. The van der Waals surface area contributed by atoms with Crippen LogP contribution in [0.1, 0.15) is 31.2 Å². The van der Waals surface area contributed by atoms with Gasteiger partial charge in [0.1, 0.15) is 6.07 Å². The lowest BCUT2D eigenvalue weighted by molar-refractivity contribution is 0.547. The predicted molar refractivity (Wildman–Crippen MR) is 70.8 cm³/mol. The van der Waals surface area contributed by atoms with Crippen molar-refractivity contribution < 1.29 is 0 Å². The maximum Gasteiger partial charge on any atom is 0.101 e. The van der Waals surface area contributed by atoms with Crippen LogP contribution < -0.4 is 10.6 Å². The summed E-state index contributed by atoms with van der Waals surface area (Å²) >= 11 is 0. The number of nitriles is 1. The van der Waals surface area contributed by atoms with Gasteiger partial charge in [-0.05, 0) is 37.0 Å². The SMILES string of the molecule is CN(CC1CCCC1)c1ccc(C#N)c(N)c1. The molecule has 0 bridgehead atoms. The Bertz CT molecular complexity index is 428. The number of hydrogen-bond acceptors (Lipinski definition) is 3. The maximum absolute atomic E-state index is 8.83. The molecule has 0 atom stereocenters. The zero-order valence-corrected chi connectivity index (χ0v) is 10.3. The normalized spacial score (nSPS) is 15.8. The van der Waals surface area contributed by atoms with Gasteiger partial charge in [0.2, 0.25) is 0 Å². The molecule has 1 saturated carbocycles. The van der Waals surface area contributed by atoms with Crippen molar-refractivity contribution in [1.29, 1.82) is 5.26 Å². The average Bonchev–Trinajstić information content (AvgIpc) is 2.81. The molecule has 1 aromatic carbocycles. The first kappa shape index (κ1) is 11.8. The highest BCUT2D eigenvalue weighted by Crippen LogP contribution is 2.27. The summed E-state index contributed by atoms with van der Waals surface area (Å²) in [4.78, 5) is 2.24. The van der Waals surface area contributed by atoms with Crippen LogP contribution in [0, 0.1) is 17.2 Å². The third-order valence-corrected chi connectivity index (χ3v) is 3.60. The van der Waals surface area contributed by atoms with Crippen LogP contribution >= 0.6 is 0 Å². The summed E-state index contributed by atoms with van der Waals surface area (Å²) in [5.74, 6) is 0.817. The van der Waals surface area contributed by atoms with Crippen molar-refractivity contribution in [1.82, 2.24) is 0 Å². The Morgan fingerprint density at radius 2 is 2.12 bits per heavy atom. The molecule has 2 rings (SSSR count). The summed E-state index contributed by atoms with van der Waals surface area (Å²) in [6.45, 7) is 1.09. The fourth-order valence-corrected chi connectivity index (χ4v) is 2.58. The number of benzene rings is 1. The van der Waals surface area contributed by atoms with E-state index in [1.54, 1.807) is 6.07 Å². The van der Waals surface area contributed by atoms with Crippen molar-refractivity contribution in [3.8, 4) is 6.07 Å². The summed E-state index contributed by atoms with van der Waals surface area (Å²) in [6.07, 6.45) is 5.42. The Morgan fingerprint density at radius 1 is 1.41 bits per heavy atom. The molecule has 90 valence electrons. The van der Waals surface area contributed by atoms with Gasteiger partial charge in [0.05, 0.1) is 11.3 Å². The van der Waals surface area contributed by atoms with Gasteiger partial charge in [0.25, 0.3) is 0 Å². The summed E-state index contributed by atoms with van der Waals surface area (Å²) in [5, 5.41) is 8.83. The average molecular weight is 229 g/mol. The number of anilines is 2. The summed E-state index contributed by atoms with van der Waals surface area (Å²) < 4.78 is 0. The smallest absolute Gasteiger partial charge is 0.101 e. The van der Waals surface area contributed by atoms with Gasteiger partial charge >= 0.3 is 0 Å². The van der Waals surface area contributed by atoms with Gasteiger partial charge < -0.3 is 10.6 Å². The second-order valence-corrected chi connectivity index (χ2v) is 4.91. The fourth-order valence-electron chi connectivity index (χ4n) is 2.58. The fraction of sp³-hybridized carbons (Fsp3) is 0.500. The van der Waals surface area contributed by atoms with E-state index in [0.717, 1.165) is 18.2 Å². The van der Waals surface area contributed by atoms with Gasteiger partial charge in [-0.2, -0.15) is 5.26 Å². The number of nitrogens with zero attached hydrogens (tertiary/aromatic N) is 2. The van der Waals surface area contributed by atoms with E-state index in [-0.39, 0.29) is 0 Å². The molecular formula is C14H19N3. The third-order valence-electron chi connectivity index (χ3n) is 3.60. The van der Waals surface area contributed by atoms with Crippen molar-refractivity contribution in [2.45, 2.75) is 25.7 Å². The van der Waals surface area contributed by atoms with E-state index in [2.05, 4.69) is 18.0 Å². The molecule has 1 fully saturated rings. The highest BCUT2D eigenvalue weighted by Gasteiger charge is 2.17. The van der Waals surface area contributed by atoms with E-state index in [1.165, 1.54) is 25.7 Å². The molecule has 0 heterocycles. The highest BCUT2D eigenvalue weighted by atomic mass is 15.1. The Hall–Kier alpha value is -1.69. The van der Waals surface area contributed by atoms with Crippen LogP contribution in [0.3, 0.4) is 0 Å². The van der Waals surface area contributed by atoms with Crippen LogP contribution in [0.25, 0.3) is 0 Å². The molecule has 1 aromatic rings. The van der Waals surface area contributed by atoms with Crippen molar-refractivity contribution in [2.75, 3.05) is 24.2 Å². The van der Waals surface area contributed by atoms with E-state index in [1.807, 2.05) is 12.1 Å². The summed E-state index contributed by atoms with van der Waals surface area (Å²) in [5.41, 5.74) is 8.06. The molecule has 0 unspecified atom stereocenters. The summed E-state index contributed by atoms with van der Waals surface area (Å²) in [7, 11) is 2.10. The topological polar surface area (TPSA) is 53.0 Å². The van der Waals surface area contributed by atoms with E-state index < -0.39 is 0 Å². The first-order chi connectivity index (χ1) is 8.20. The second kappa shape index (κ2) is 5.09. The number of nitrogen functional groups attached to an aromatic ring is 1. The number of hydrogen-bond donors (Lipinski definition) is 1. The first-order valence-corrected chi connectivity index (χ1v) is 6.21. The quantitative estimate of drug-likeness (QED) is 0.811. The van der Waals surface area contributed by atoms with E-state index in [0.29, 0.717) is 11.3 Å². The van der Waals surface area contributed by atoms with Crippen molar-refractivity contribution >= 4 is 11.4 Å². The molecule has 0 amide bonds. The zero-order chi connectivity index (χ0) is 12.3. The lowest BCUT2D eigenvalue weighted by Crippen LogP contribution is -2.24. The molecule has 0 aromatic heterocycles. The standard InChI is InChI=1S/C14H19N3/c1-17(10-11-4-2-3-5-11)13-7-6-12(9-15)14(16)8-13/h6-8,11H,2-5,10,16H2,1H3. The second-order valence-electron chi connectivity index (χ2n) is 4.91. The van der Waals surface area contributed by atoms with Gasteiger partial charge in [0, 0.05) is 19.3 Å². The van der Waals surface area contributed by atoms with Crippen LogP contribution in [0.2, 0.25) is 0 Å². The van der Waals surface area contributed by atoms with Crippen LogP contribution in [-0.4, -0.2) is 13.6 Å². The van der Waals surface area contributed by atoms with Gasteiger partial charge in [-0.3, -0.25) is 0 Å². The number of nitrogens with two attached hydrogens (primary N) is 1. The van der Waals surface area contributed by atoms with Crippen LogP contribution in [0.15, 0.2) is 18.2 Å². The Balaban J connectivity index is 2.06. The molecule has 17 heavy (non-hydrogen) atoms. The first-order valence-electron chi connectivity index (χ1n) is 6.21. The predicted octanol–water partition coefficient (Wildman–Crippen LogP) is 2.77.